The van der Waals surface area contributed by atoms with Crippen molar-refractivity contribution in [3.05, 3.63) is 70.7 Å². The smallest absolute Gasteiger partial charge is 0.350 e. The van der Waals surface area contributed by atoms with E-state index >= 15 is 0 Å². The van der Waals surface area contributed by atoms with E-state index in [2.05, 4.69) is 10.3 Å². The van der Waals surface area contributed by atoms with Crippen LogP contribution in [0.5, 0.6) is 0 Å². The third-order valence-corrected chi connectivity index (χ3v) is 4.86. The molecule has 0 unspecified atom stereocenters. The normalized spacial score (nSPS) is 10.4. The van der Waals surface area contributed by atoms with E-state index in [9.17, 15) is 9.59 Å². The van der Waals surface area contributed by atoms with Crippen LogP contribution in [-0.4, -0.2) is 23.5 Å². The van der Waals surface area contributed by atoms with Crippen molar-refractivity contribution in [2.45, 2.75) is 13.8 Å². The molecule has 0 spiro atoms. The van der Waals surface area contributed by atoms with Gasteiger partial charge in [0.05, 0.1) is 5.69 Å². The van der Waals surface area contributed by atoms with Crippen LogP contribution in [0.4, 0.5) is 5.69 Å². The molecule has 0 saturated carbocycles. The lowest BCUT2D eigenvalue weighted by atomic mass is 10.2. The second-order valence-corrected chi connectivity index (χ2v) is 6.79. The van der Waals surface area contributed by atoms with Gasteiger partial charge in [-0.05, 0) is 26.0 Å². The Kier molecular flexibility index (Phi) is 5.43. The van der Waals surface area contributed by atoms with Gasteiger partial charge in [0.1, 0.15) is 9.88 Å². The van der Waals surface area contributed by atoms with E-state index in [1.54, 1.807) is 19.1 Å². The maximum absolute atomic E-state index is 12.3. The van der Waals surface area contributed by atoms with Gasteiger partial charge in [-0.1, -0.05) is 48.0 Å². The van der Waals surface area contributed by atoms with Crippen LogP contribution < -0.4 is 5.32 Å². The average Bonchev–Trinajstić information content (AvgIpc) is 3.04. The van der Waals surface area contributed by atoms with Crippen LogP contribution in [0.25, 0.3) is 10.6 Å². The Balaban J connectivity index is 1.60. The number of benzene rings is 2. The van der Waals surface area contributed by atoms with Gasteiger partial charge in [0, 0.05) is 11.3 Å². The monoisotopic (exact) mass is 366 g/mol. The minimum Gasteiger partial charge on any atom is -0.451 e. The SMILES string of the molecule is Cc1ccc(NC(=O)COC(=O)c2sc(-c3ccccc3)nc2C)cc1. The standard InChI is InChI=1S/C20H18N2O3S/c1-13-8-10-16(11-9-13)22-17(23)12-25-20(24)18-14(2)21-19(26-18)15-6-4-3-5-7-15/h3-11H,12H2,1-2H3,(H,22,23). The van der Waals surface area contributed by atoms with E-state index in [0.29, 0.717) is 16.3 Å². The summed E-state index contributed by atoms with van der Waals surface area (Å²) >= 11 is 1.26. The number of hydrogen-bond donors (Lipinski definition) is 1. The molecule has 2 aromatic carbocycles. The number of anilines is 1. The molecule has 6 heteroatoms. The van der Waals surface area contributed by atoms with E-state index in [-0.39, 0.29) is 12.5 Å². The van der Waals surface area contributed by atoms with E-state index < -0.39 is 5.97 Å². The minimum absolute atomic E-state index is 0.343. The van der Waals surface area contributed by atoms with Crippen LogP contribution in [0, 0.1) is 13.8 Å². The van der Waals surface area contributed by atoms with E-state index in [1.165, 1.54) is 11.3 Å². The van der Waals surface area contributed by atoms with Gasteiger partial charge in [-0.2, -0.15) is 0 Å². The van der Waals surface area contributed by atoms with Crippen LogP contribution in [-0.2, 0) is 9.53 Å². The first-order valence-corrected chi connectivity index (χ1v) is 8.91. The third-order valence-electron chi connectivity index (χ3n) is 3.67. The maximum Gasteiger partial charge on any atom is 0.350 e. The first-order valence-electron chi connectivity index (χ1n) is 8.09. The fourth-order valence-electron chi connectivity index (χ4n) is 2.32. The van der Waals surface area contributed by atoms with Crippen molar-refractivity contribution in [2.75, 3.05) is 11.9 Å². The molecule has 1 N–H and O–H groups in total. The summed E-state index contributed by atoms with van der Waals surface area (Å²) in [6.45, 7) is 3.38. The zero-order valence-corrected chi connectivity index (χ0v) is 15.3. The van der Waals surface area contributed by atoms with Gasteiger partial charge in [-0.25, -0.2) is 9.78 Å². The summed E-state index contributed by atoms with van der Waals surface area (Å²) in [5.74, 6) is -0.922. The van der Waals surface area contributed by atoms with Crippen molar-refractivity contribution in [2.24, 2.45) is 0 Å². The van der Waals surface area contributed by atoms with Crippen molar-refractivity contribution >= 4 is 28.9 Å². The fraction of sp³-hybridized carbons (Fsp3) is 0.150. The summed E-state index contributed by atoms with van der Waals surface area (Å²) in [5.41, 5.74) is 3.30. The topological polar surface area (TPSA) is 68.3 Å². The van der Waals surface area contributed by atoms with Gasteiger partial charge in [-0.3, -0.25) is 4.79 Å². The summed E-state index contributed by atoms with van der Waals surface area (Å²) in [5, 5.41) is 3.44. The molecule has 0 aliphatic carbocycles. The molecule has 1 heterocycles. The number of amides is 1. The molecule has 0 aliphatic rings. The molecule has 0 aliphatic heterocycles. The summed E-state index contributed by atoms with van der Waals surface area (Å²) in [6.07, 6.45) is 0. The van der Waals surface area contributed by atoms with Crippen molar-refractivity contribution in [3.63, 3.8) is 0 Å². The molecular formula is C20H18N2O3S. The summed E-state index contributed by atoms with van der Waals surface area (Å²) in [4.78, 5) is 29.1. The molecule has 1 amide bonds. The minimum atomic E-state index is -0.541. The van der Waals surface area contributed by atoms with Crippen LogP contribution in [0.3, 0.4) is 0 Å². The van der Waals surface area contributed by atoms with Crippen LogP contribution in [0.1, 0.15) is 20.9 Å². The highest BCUT2D eigenvalue weighted by atomic mass is 32.1. The van der Waals surface area contributed by atoms with E-state index in [1.807, 2.05) is 49.4 Å². The largest absolute Gasteiger partial charge is 0.451 e. The molecule has 1 aromatic heterocycles. The van der Waals surface area contributed by atoms with Crippen molar-refractivity contribution in [1.29, 1.82) is 0 Å². The van der Waals surface area contributed by atoms with Crippen molar-refractivity contribution < 1.29 is 14.3 Å². The third kappa shape index (κ3) is 4.34. The Hall–Kier alpha value is -2.99. The predicted octanol–water partition coefficient (Wildman–Crippen LogP) is 4.22. The Morgan fingerprint density at radius 3 is 2.42 bits per heavy atom. The highest BCUT2D eigenvalue weighted by Gasteiger charge is 2.18. The maximum atomic E-state index is 12.3. The number of aryl methyl sites for hydroxylation is 2. The van der Waals surface area contributed by atoms with Crippen LogP contribution in [0.2, 0.25) is 0 Å². The van der Waals surface area contributed by atoms with Gasteiger partial charge in [-0.15, -0.1) is 11.3 Å². The number of hydrogen-bond acceptors (Lipinski definition) is 5. The number of nitrogens with one attached hydrogen (secondary N) is 1. The van der Waals surface area contributed by atoms with Gasteiger partial charge in [0.2, 0.25) is 0 Å². The average molecular weight is 366 g/mol. The second kappa shape index (κ2) is 7.93. The van der Waals surface area contributed by atoms with Crippen LogP contribution >= 0.6 is 11.3 Å². The number of aromatic nitrogens is 1. The summed E-state index contributed by atoms with van der Waals surface area (Å²) in [6, 6.07) is 17.0. The van der Waals surface area contributed by atoms with Gasteiger partial charge < -0.3 is 10.1 Å². The Labute approximate surface area is 155 Å². The molecule has 0 fully saturated rings. The quantitative estimate of drug-likeness (QED) is 0.687. The number of thiazole rings is 1. The van der Waals surface area contributed by atoms with E-state index in [0.717, 1.165) is 16.1 Å². The molecule has 3 rings (SSSR count). The number of ether oxygens (including phenoxy) is 1. The highest BCUT2D eigenvalue weighted by molar-refractivity contribution is 7.17. The molecule has 0 atom stereocenters. The summed E-state index contributed by atoms with van der Waals surface area (Å²) < 4.78 is 5.14. The van der Waals surface area contributed by atoms with Crippen molar-refractivity contribution in [1.82, 2.24) is 4.98 Å². The molecule has 3 aromatic rings. The number of nitrogens with zero attached hydrogens (tertiary/aromatic N) is 1. The molecule has 5 nitrogen and oxygen atoms in total. The first-order chi connectivity index (χ1) is 12.5. The number of rotatable bonds is 5. The zero-order valence-electron chi connectivity index (χ0n) is 14.5. The summed E-state index contributed by atoms with van der Waals surface area (Å²) in [7, 11) is 0. The fourth-order valence-corrected chi connectivity index (χ4v) is 3.29. The lowest BCUT2D eigenvalue weighted by molar-refractivity contribution is -0.119. The number of esters is 1. The molecule has 26 heavy (non-hydrogen) atoms. The highest BCUT2D eigenvalue weighted by Crippen LogP contribution is 2.28. The van der Waals surface area contributed by atoms with Gasteiger partial charge in [0.15, 0.2) is 6.61 Å². The lowest BCUT2D eigenvalue weighted by Gasteiger charge is -2.06. The zero-order chi connectivity index (χ0) is 18.5. The van der Waals surface area contributed by atoms with Gasteiger partial charge >= 0.3 is 5.97 Å². The van der Waals surface area contributed by atoms with Crippen molar-refractivity contribution in [3.8, 4) is 10.6 Å². The number of carbonyl (C=O) groups is 2. The lowest BCUT2D eigenvalue weighted by Crippen LogP contribution is -2.20. The Bertz CT molecular complexity index is 918. The molecule has 0 radical (unpaired) electrons. The Morgan fingerprint density at radius 1 is 1.04 bits per heavy atom. The molecule has 132 valence electrons. The molecule has 0 bridgehead atoms. The number of carbonyl (C=O) groups excluding carboxylic acids is 2. The van der Waals surface area contributed by atoms with E-state index in [4.69, 9.17) is 4.74 Å². The van der Waals surface area contributed by atoms with Crippen LogP contribution in [0.15, 0.2) is 54.6 Å². The predicted molar refractivity (Wildman–Crippen MR) is 102 cm³/mol. The first kappa shape index (κ1) is 17.8. The molecule has 0 saturated heterocycles. The Morgan fingerprint density at radius 2 is 1.73 bits per heavy atom. The molecular weight excluding hydrogens is 348 g/mol. The second-order valence-electron chi connectivity index (χ2n) is 5.79. The van der Waals surface area contributed by atoms with Gasteiger partial charge in [0.25, 0.3) is 5.91 Å².